The van der Waals surface area contributed by atoms with Crippen molar-refractivity contribution in [3.63, 3.8) is 0 Å². The molecule has 0 aliphatic carbocycles. The molecule has 0 bridgehead atoms. The number of ether oxygens (including phenoxy) is 1. The van der Waals surface area contributed by atoms with Gasteiger partial charge in [0.15, 0.2) is 5.82 Å². The number of alkyl halides is 1. The van der Waals surface area contributed by atoms with Crippen molar-refractivity contribution in [2.75, 3.05) is 19.1 Å². The van der Waals surface area contributed by atoms with E-state index in [-0.39, 0.29) is 0 Å². The molecule has 2 aromatic heterocycles. The SMILES string of the molecule is ClCCCCc1nn2c(C3CCOCC3)nnc2s1. The van der Waals surface area contributed by atoms with Crippen molar-refractivity contribution < 1.29 is 4.74 Å². The van der Waals surface area contributed by atoms with Gasteiger partial charge in [0.25, 0.3) is 0 Å². The predicted octanol–water partition coefficient (Wildman–Crippen LogP) is 2.64. The Hall–Kier alpha value is -0.720. The molecule has 0 spiro atoms. The van der Waals surface area contributed by atoms with E-state index in [1.165, 1.54) is 0 Å². The first-order chi connectivity index (χ1) is 9.38. The average molecular weight is 301 g/mol. The molecule has 0 amide bonds. The Labute approximate surface area is 120 Å². The minimum atomic E-state index is 0.432. The number of hydrogen-bond donors (Lipinski definition) is 0. The fourth-order valence-corrected chi connectivity index (χ4v) is 3.42. The van der Waals surface area contributed by atoms with Crippen LogP contribution < -0.4 is 0 Å². The second kappa shape index (κ2) is 6.15. The Balaban J connectivity index is 1.77. The van der Waals surface area contributed by atoms with Crippen LogP contribution in [0.2, 0.25) is 0 Å². The van der Waals surface area contributed by atoms with Crippen LogP contribution >= 0.6 is 22.9 Å². The summed E-state index contributed by atoms with van der Waals surface area (Å²) in [6.45, 7) is 1.62. The van der Waals surface area contributed by atoms with Crippen LogP contribution in [0.1, 0.15) is 42.4 Å². The van der Waals surface area contributed by atoms with Gasteiger partial charge in [-0.3, -0.25) is 0 Å². The maximum atomic E-state index is 5.70. The van der Waals surface area contributed by atoms with Gasteiger partial charge in [0.1, 0.15) is 5.01 Å². The van der Waals surface area contributed by atoms with Gasteiger partial charge in [0.05, 0.1) is 0 Å². The van der Waals surface area contributed by atoms with E-state index in [2.05, 4.69) is 15.3 Å². The number of halogens is 1. The van der Waals surface area contributed by atoms with Crippen molar-refractivity contribution in [3.8, 4) is 0 Å². The summed E-state index contributed by atoms with van der Waals surface area (Å²) in [5.41, 5.74) is 0. The molecule has 0 radical (unpaired) electrons. The van der Waals surface area contributed by atoms with Crippen LogP contribution in [0.4, 0.5) is 0 Å². The van der Waals surface area contributed by atoms with Crippen LogP contribution in [-0.2, 0) is 11.2 Å². The number of aromatic nitrogens is 4. The standard InChI is InChI=1S/C12H17ClN4OS/c13-6-2-1-3-10-16-17-11(14-15-12(17)19-10)9-4-7-18-8-5-9/h9H,1-8H2. The maximum Gasteiger partial charge on any atom is 0.234 e. The third-order valence-electron chi connectivity index (χ3n) is 3.42. The van der Waals surface area contributed by atoms with E-state index in [1.807, 2.05) is 4.52 Å². The molecule has 2 aromatic rings. The highest BCUT2D eigenvalue weighted by Gasteiger charge is 2.23. The Morgan fingerprint density at radius 3 is 2.89 bits per heavy atom. The highest BCUT2D eigenvalue weighted by Crippen LogP contribution is 2.27. The highest BCUT2D eigenvalue weighted by atomic mass is 35.5. The number of unbranched alkanes of at least 4 members (excludes halogenated alkanes) is 1. The average Bonchev–Trinajstić information content (AvgIpc) is 3.00. The van der Waals surface area contributed by atoms with Crippen molar-refractivity contribution >= 4 is 27.9 Å². The largest absolute Gasteiger partial charge is 0.381 e. The molecule has 7 heteroatoms. The van der Waals surface area contributed by atoms with Gasteiger partial charge in [-0.2, -0.15) is 9.61 Å². The molecular weight excluding hydrogens is 284 g/mol. The van der Waals surface area contributed by atoms with Crippen molar-refractivity contribution in [1.82, 2.24) is 19.8 Å². The van der Waals surface area contributed by atoms with E-state index in [9.17, 15) is 0 Å². The maximum absolute atomic E-state index is 5.70. The number of nitrogens with zero attached hydrogens (tertiary/aromatic N) is 4. The summed E-state index contributed by atoms with van der Waals surface area (Å²) in [6, 6.07) is 0. The summed E-state index contributed by atoms with van der Waals surface area (Å²) >= 11 is 7.33. The van der Waals surface area contributed by atoms with E-state index >= 15 is 0 Å². The Kier molecular flexibility index (Phi) is 4.30. The predicted molar refractivity (Wildman–Crippen MR) is 75.1 cm³/mol. The summed E-state index contributed by atoms with van der Waals surface area (Å²) in [5, 5.41) is 14.3. The van der Waals surface area contributed by atoms with Gasteiger partial charge in [0, 0.05) is 31.4 Å². The van der Waals surface area contributed by atoms with E-state index in [4.69, 9.17) is 16.3 Å². The Morgan fingerprint density at radius 1 is 1.26 bits per heavy atom. The third kappa shape index (κ3) is 2.90. The van der Waals surface area contributed by atoms with E-state index in [0.29, 0.717) is 5.92 Å². The van der Waals surface area contributed by atoms with E-state index in [1.54, 1.807) is 11.3 Å². The highest BCUT2D eigenvalue weighted by molar-refractivity contribution is 7.16. The molecule has 0 atom stereocenters. The summed E-state index contributed by atoms with van der Waals surface area (Å²) in [7, 11) is 0. The molecule has 1 aliphatic rings. The van der Waals surface area contributed by atoms with Crippen LogP contribution in [-0.4, -0.2) is 38.9 Å². The van der Waals surface area contributed by atoms with Gasteiger partial charge in [-0.25, -0.2) is 0 Å². The fourth-order valence-electron chi connectivity index (χ4n) is 2.35. The molecule has 104 valence electrons. The van der Waals surface area contributed by atoms with Crippen molar-refractivity contribution in [2.24, 2.45) is 0 Å². The molecule has 1 saturated heterocycles. The molecule has 0 N–H and O–H groups in total. The van der Waals surface area contributed by atoms with Gasteiger partial charge in [-0.15, -0.1) is 21.8 Å². The summed E-state index contributed by atoms with van der Waals surface area (Å²) in [4.78, 5) is 0.905. The lowest BCUT2D eigenvalue weighted by molar-refractivity contribution is 0.0831. The first-order valence-electron chi connectivity index (χ1n) is 6.73. The molecule has 3 heterocycles. The van der Waals surface area contributed by atoms with Gasteiger partial charge in [0.2, 0.25) is 4.96 Å². The molecule has 19 heavy (non-hydrogen) atoms. The van der Waals surface area contributed by atoms with Crippen LogP contribution in [0.5, 0.6) is 0 Å². The van der Waals surface area contributed by atoms with Crippen molar-refractivity contribution in [2.45, 2.75) is 38.0 Å². The van der Waals surface area contributed by atoms with Gasteiger partial charge < -0.3 is 4.74 Å². The zero-order valence-corrected chi connectivity index (χ0v) is 12.3. The molecule has 1 aliphatic heterocycles. The number of aryl methyl sites for hydroxylation is 1. The van der Waals surface area contributed by atoms with Crippen molar-refractivity contribution in [1.29, 1.82) is 0 Å². The lowest BCUT2D eigenvalue weighted by atomic mass is 10.00. The summed E-state index contributed by atoms with van der Waals surface area (Å²) in [5.74, 6) is 2.15. The lowest BCUT2D eigenvalue weighted by Gasteiger charge is -2.19. The molecule has 3 rings (SSSR count). The Morgan fingerprint density at radius 2 is 2.11 bits per heavy atom. The second-order valence-corrected chi connectivity index (χ2v) is 6.20. The molecule has 0 saturated carbocycles. The molecular formula is C12H17ClN4OS. The lowest BCUT2D eigenvalue weighted by Crippen LogP contribution is -2.16. The van der Waals surface area contributed by atoms with E-state index in [0.717, 1.165) is 67.0 Å². The van der Waals surface area contributed by atoms with Crippen LogP contribution in [0, 0.1) is 0 Å². The van der Waals surface area contributed by atoms with Gasteiger partial charge >= 0.3 is 0 Å². The normalized spacial score (nSPS) is 17.3. The first kappa shape index (κ1) is 13.3. The van der Waals surface area contributed by atoms with Gasteiger partial charge in [-0.05, 0) is 25.7 Å². The molecule has 0 unspecified atom stereocenters. The molecule has 5 nitrogen and oxygen atoms in total. The quantitative estimate of drug-likeness (QED) is 0.629. The number of rotatable bonds is 5. The minimum absolute atomic E-state index is 0.432. The zero-order chi connectivity index (χ0) is 13.1. The van der Waals surface area contributed by atoms with Crippen LogP contribution in [0.25, 0.3) is 4.96 Å². The monoisotopic (exact) mass is 300 g/mol. The minimum Gasteiger partial charge on any atom is -0.381 e. The molecule has 0 aromatic carbocycles. The third-order valence-corrected chi connectivity index (χ3v) is 4.64. The van der Waals surface area contributed by atoms with Crippen LogP contribution in [0.15, 0.2) is 0 Å². The topological polar surface area (TPSA) is 52.3 Å². The summed E-state index contributed by atoms with van der Waals surface area (Å²) in [6.07, 6.45) is 5.13. The number of fused-ring (bicyclic) bond motifs is 1. The zero-order valence-electron chi connectivity index (χ0n) is 10.7. The van der Waals surface area contributed by atoms with Crippen molar-refractivity contribution in [3.05, 3.63) is 10.8 Å². The van der Waals surface area contributed by atoms with Crippen LogP contribution in [0.3, 0.4) is 0 Å². The summed E-state index contributed by atoms with van der Waals surface area (Å²) < 4.78 is 7.32. The Bertz CT molecular complexity index is 535. The van der Waals surface area contributed by atoms with E-state index < -0.39 is 0 Å². The smallest absolute Gasteiger partial charge is 0.234 e. The second-order valence-electron chi connectivity index (χ2n) is 4.78. The molecule has 1 fully saturated rings. The number of hydrogen-bond acceptors (Lipinski definition) is 5. The fraction of sp³-hybridized carbons (Fsp3) is 0.750. The van der Waals surface area contributed by atoms with Gasteiger partial charge in [-0.1, -0.05) is 11.3 Å². The first-order valence-corrected chi connectivity index (χ1v) is 8.08.